The molecule has 0 aliphatic rings. The minimum atomic E-state index is -5.65. The summed E-state index contributed by atoms with van der Waals surface area (Å²) < 4.78 is 246. The number of nitrogens with zero attached hydrogens (tertiary/aromatic N) is 2. The molecule has 0 saturated heterocycles. The van der Waals surface area contributed by atoms with Gasteiger partial charge in [0.1, 0.15) is 11.4 Å². The van der Waals surface area contributed by atoms with Crippen molar-refractivity contribution in [1.29, 1.82) is 0 Å². The molecule has 0 aliphatic carbocycles. The van der Waals surface area contributed by atoms with E-state index in [1.807, 2.05) is 0 Å². The van der Waals surface area contributed by atoms with Crippen LogP contribution in [0.15, 0.2) is 121 Å². The molecule has 0 amide bonds. The highest BCUT2D eigenvalue weighted by Crippen LogP contribution is 2.51. The van der Waals surface area contributed by atoms with E-state index in [-0.39, 0.29) is 21.9 Å². The number of fused-ring (bicyclic) bond motifs is 6. The Hall–Kier alpha value is -7.32. The summed E-state index contributed by atoms with van der Waals surface area (Å²) in [5.74, 6) is -24.9. The summed E-state index contributed by atoms with van der Waals surface area (Å²) in [6.45, 7) is 0. The van der Waals surface area contributed by atoms with Crippen molar-refractivity contribution in [2.45, 2.75) is 12.4 Å². The van der Waals surface area contributed by atoms with Crippen LogP contribution >= 0.6 is 22.7 Å². The largest absolute Gasteiger partial charge is 0.417 e. The molecule has 0 N–H and O–H groups in total. The molecule has 2 aromatic heterocycles. The van der Waals surface area contributed by atoms with Crippen LogP contribution in [0.25, 0.3) is 51.5 Å². The molecule has 20 heteroatoms. The third-order valence-corrected chi connectivity index (χ3v) is 13.8. The summed E-state index contributed by atoms with van der Waals surface area (Å²) in [5.41, 5.74) is -12.7. The van der Waals surface area contributed by atoms with E-state index in [0.29, 0.717) is 64.6 Å². The van der Waals surface area contributed by atoms with Gasteiger partial charge in [-0.1, -0.05) is 48.5 Å². The van der Waals surface area contributed by atoms with Crippen LogP contribution < -0.4 is 9.80 Å². The van der Waals surface area contributed by atoms with Gasteiger partial charge in [-0.15, -0.1) is 22.7 Å². The Bertz CT molecular complexity index is 3500. The molecule has 8 aromatic carbocycles. The van der Waals surface area contributed by atoms with Crippen molar-refractivity contribution in [3.63, 3.8) is 0 Å². The van der Waals surface area contributed by atoms with Gasteiger partial charge < -0.3 is 9.80 Å². The molecule has 2 heterocycles. The molecule has 0 fully saturated rings. The van der Waals surface area contributed by atoms with Crippen LogP contribution in [-0.4, -0.2) is 0 Å². The Morgan fingerprint density at radius 2 is 0.586 bits per heavy atom. The maximum absolute atomic E-state index is 15.8. The average molecular weight is 1020 g/mol. The molecule has 70 heavy (non-hydrogen) atoms. The third-order valence-electron chi connectivity index (χ3n) is 11.5. The van der Waals surface area contributed by atoms with Gasteiger partial charge in [0.2, 0.25) is 11.6 Å². The number of rotatable bonds is 7. The van der Waals surface area contributed by atoms with Crippen molar-refractivity contribution in [2.24, 2.45) is 0 Å². The van der Waals surface area contributed by atoms with E-state index in [0.717, 1.165) is 12.1 Å². The van der Waals surface area contributed by atoms with E-state index in [1.165, 1.54) is 46.9 Å². The molecule has 0 spiro atoms. The first-order chi connectivity index (χ1) is 33.1. The number of benzene rings is 8. The topological polar surface area (TPSA) is 6.48 Å². The number of anilines is 6. The second-order valence-electron chi connectivity index (χ2n) is 15.5. The Kier molecular flexibility index (Phi) is 11.1. The van der Waals surface area contributed by atoms with Gasteiger partial charge in [-0.2, -0.15) is 26.3 Å². The van der Waals surface area contributed by atoms with Crippen LogP contribution in [0, 0.1) is 58.2 Å². The van der Waals surface area contributed by atoms with Crippen LogP contribution in [0.4, 0.5) is 104 Å². The zero-order chi connectivity index (χ0) is 49.9. The SMILES string of the molecule is Fc1c(F)c(F)c(N(c2ccc(-c3ccc(N(c4ccc5sc6ccccc6c5c4)c4c(F)c(F)c(F)c(F)c4F)cc3C(F)(F)F)c(C(F)(F)F)c2)c2ccc3sc4ccccc4c3c2)c(F)c1F. The lowest BCUT2D eigenvalue weighted by Crippen LogP contribution is -2.19. The zero-order valence-electron chi connectivity index (χ0n) is 34.3. The summed E-state index contributed by atoms with van der Waals surface area (Å²) >= 11 is 2.47. The van der Waals surface area contributed by atoms with Gasteiger partial charge >= 0.3 is 12.4 Å². The van der Waals surface area contributed by atoms with Gasteiger partial charge in [-0.05, 0) is 83.9 Å². The molecule has 2 nitrogen and oxygen atoms in total. The van der Waals surface area contributed by atoms with Crippen LogP contribution in [-0.2, 0) is 12.4 Å². The molecule has 0 radical (unpaired) electrons. The van der Waals surface area contributed by atoms with Gasteiger partial charge in [0, 0.05) is 63.1 Å². The number of alkyl halides is 6. The van der Waals surface area contributed by atoms with E-state index in [4.69, 9.17) is 0 Å². The summed E-state index contributed by atoms with van der Waals surface area (Å²) in [5, 5.41) is 1.77. The summed E-state index contributed by atoms with van der Waals surface area (Å²) in [7, 11) is 0. The zero-order valence-corrected chi connectivity index (χ0v) is 35.9. The predicted octanol–water partition coefficient (Wildman–Crippen LogP) is 18.5. The number of hydrogen-bond acceptors (Lipinski definition) is 4. The van der Waals surface area contributed by atoms with Crippen molar-refractivity contribution < 1.29 is 70.2 Å². The van der Waals surface area contributed by atoms with Gasteiger partial charge in [0.05, 0.1) is 11.1 Å². The predicted molar refractivity (Wildman–Crippen MR) is 237 cm³/mol. The fraction of sp³-hybridized carbons (Fsp3) is 0.0400. The summed E-state index contributed by atoms with van der Waals surface area (Å²) in [6.07, 6.45) is -11.3. The summed E-state index contributed by atoms with van der Waals surface area (Å²) in [4.78, 5) is 0.564. The Morgan fingerprint density at radius 1 is 0.300 bits per heavy atom. The second-order valence-corrected chi connectivity index (χ2v) is 17.7. The van der Waals surface area contributed by atoms with Crippen molar-refractivity contribution in [3.8, 4) is 11.1 Å². The van der Waals surface area contributed by atoms with E-state index in [1.54, 1.807) is 48.5 Å². The fourth-order valence-corrected chi connectivity index (χ4v) is 10.6. The summed E-state index contributed by atoms with van der Waals surface area (Å²) in [6, 6.07) is 23.1. The van der Waals surface area contributed by atoms with Crippen LogP contribution in [0.2, 0.25) is 0 Å². The highest BCUT2D eigenvalue weighted by Gasteiger charge is 2.41. The quantitative estimate of drug-likeness (QED) is 0.0892. The van der Waals surface area contributed by atoms with Crippen LogP contribution in [0.1, 0.15) is 11.1 Å². The molecule has 0 bridgehead atoms. The number of hydrogen-bond donors (Lipinski definition) is 0. The van der Waals surface area contributed by atoms with Gasteiger partial charge in [0.15, 0.2) is 46.5 Å². The lowest BCUT2D eigenvalue weighted by molar-refractivity contribution is -0.139. The first-order valence-corrected chi connectivity index (χ1v) is 21.7. The lowest BCUT2D eigenvalue weighted by atomic mass is 9.93. The highest BCUT2D eigenvalue weighted by atomic mass is 32.1. The van der Waals surface area contributed by atoms with Gasteiger partial charge in [-0.3, -0.25) is 0 Å². The molecule has 10 rings (SSSR count). The maximum atomic E-state index is 15.8. The normalized spacial score (nSPS) is 12.3. The number of halogens is 16. The minimum absolute atomic E-state index is 0.124. The number of thiophene rings is 2. The Morgan fingerprint density at radius 3 is 0.929 bits per heavy atom. The van der Waals surface area contributed by atoms with Crippen molar-refractivity contribution >= 4 is 97.1 Å². The van der Waals surface area contributed by atoms with Crippen LogP contribution in [0.3, 0.4) is 0 Å². The smallest absolute Gasteiger partial charge is 0.305 e. The average Bonchev–Trinajstić information content (AvgIpc) is 3.91. The minimum Gasteiger partial charge on any atom is -0.305 e. The highest BCUT2D eigenvalue weighted by molar-refractivity contribution is 7.26. The van der Waals surface area contributed by atoms with Crippen molar-refractivity contribution in [1.82, 2.24) is 0 Å². The fourth-order valence-electron chi connectivity index (χ4n) is 8.38. The van der Waals surface area contributed by atoms with Crippen LogP contribution in [0.5, 0.6) is 0 Å². The van der Waals surface area contributed by atoms with Gasteiger partial charge in [0.25, 0.3) is 0 Å². The molecule has 354 valence electrons. The third kappa shape index (κ3) is 7.42. The first-order valence-electron chi connectivity index (χ1n) is 20.0. The van der Waals surface area contributed by atoms with E-state index in [2.05, 4.69) is 0 Å². The van der Waals surface area contributed by atoms with Crippen molar-refractivity contribution in [2.75, 3.05) is 9.80 Å². The van der Waals surface area contributed by atoms with E-state index >= 15 is 43.9 Å². The van der Waals surface area contributed by atoms with Gasteiger partial charge in [-0.25, -0.2) is 43.9 Å². The Labute approximate surface area is 390 Å². The maximum Gasteiger partial charge on any atom is 0.417 e. The Balaban J connectivity index is 1.20. The second kappa shape index (κ2) is 16.7. The van der Waals surface area contributed by atoms with E-state index in [9.17, 15) is 26.3 Å². The molecule has 0 aliphatic heterocycles. The van der Waals surface area contributed by atoms with E-state index < -0.39 is 127 Å². The molecular formula is C50H20F16N2S2. The molecule has 0 saturated carbocycles. The molecular weight excluding hydrogens is 997 g/mol. The standard InChI is InChI=1S/C50H20F16N2S2/c51-37-39(53)43(57)47(44(58)40(37)54)67(21-11-15-35-29(17-21)27-5-1-3-7-33(27)69-35)23-9-13-25(31(19-23)49(61,62)63)26-14-10-24(20-32(26)50(64,65)66)68(48-45(59)41(55)38(52)42(56)46(48)60)22-12-16-36-30(18-22)28-6-2-4-8-34(28)70-36/h1-20H. The molecule has 0 atom stereocenters. The first kappa shape index (κ1) is 46.4. The monoisotopic (exact) mass is 1020 g/mol. The lowest BCUT2D eigenvalue weighted by Gasteiger charge is -2.29. The van der Waals surface area contributed by atoms with Crippen molar-refractivity contribution in [3.05, 3.63) is 191 Å². The molecule has 0 unspecified atom stereocenters. The molecule has 10 aromatic rings.